The Morgan fingerprint density at radius 3 is 2.59 bits per heavy atom. The van der Waals surface area contributed by atoms with Crippen molar-refractivity contribution < 1.29 is 4.39 Å². The summed E-state index contributed by atoms with van der Waals surface area (Å²) < 4.78 is 14.2. The third-order valence-corrected chi connectivity index (χ3v) is 4.49. The molecule has 1 nitrogen and oxygen atoms in total. The molecule has 1 fully saturated rings. The van der Waals surface area contributed by atoms with Crippen molar-refractivity contribution in [2.75, 3.05) is 11.4 Å². The van der Waals surface area contributed by atoms with E-state index in [2.05, 4.69) is 24.8 Å². The van der Waals surface area contributed by atoms with Gasteiger partial charge in [-0.15, -0.1) is 0 Å². The van der Waals surface area contributed by atoms with Gasteiger partial charge in [0.15, 0.2) is 0 Å². The average Bonchev–Trinajstić information content (AvgIpc) is 2.87. The maximum atomic E-state index is 14.2. The monoisotopic (exact) mass is 233 g/mol. The molecule has 0 amide bonds. The van der Waals surface area contributed by atoms with E-state index >= 15 is 0 Å². The molecule has 0 saturated heterocycles. The summed E-state index contributed by atoms with van der Waals surface area (Å²) in [4.78, 5) is 2.38. The molecule has 92 valence electrons. The molecule has 3 rings (SSSR count). The van der Waals surface area contributed by atoms with Crippen molar-refractivity contribution in [2.24, 2.45) is 0 Å². The first-order valence-corrected chi connectivity index (χ1v) is 6.70. The molecule has 1 aromatic rings. The molecule has 17 heavy (non-hydrogen) atoms. The van der Waals surface area contributed by atoms with Gasteiger partial charge < -0.3 is 4.90 Å². The minimum Gasteiger partial charge on any atom is -0.368 e. The van der Waals surface area contributed by atoms with Gasteiger partial charge in [-0.3, -0.25) is 0 Å². The highest BCUT2D eigenvalue weighted by Gasteiger charge is 2.46. The standard InChI is InChI=1S/C15H20FN/c1-11(2)17-10-15(8-3-4-9-15)14-12(16)6-5-7-13(14)17/h5-7,11H,3-4,8-10H2,1-2H3. The van der Waals surface area contributed by atoms with Crippen LogP contribution in [0.4, 0.5) is 10.1 Å². The van der Waals surface area contributed by atoms with Gasteiger partial charge in [0.2, 0.25) is 0 Å². The van der Waals surface area contributed by atoms with Crippen LogP contribution in [0.1, 0.15) is 45.1 Å². The second-order valence-electron chi connectivity index (χ2n) is 5.84. The van der Waals surface area contributed by atoms with Crippen molar-refractivity contribution in [3.8, 4) is 0 Å². The second-order valence-corrected chi connectivity index (χ2v) is 5.84. The van der Waals surface area contributed by atoms with E-state index in [4.69, 9.17) is 0 Å². The van der Waals surface area contributed by atoms with E-state index in [1.807, 2.05) is 6.07 Å². The zero-order valence-electron chi connectivity index (χ0n) is 10.7. The Kier molecular flexibility index (Phi) is 2.42. The van der Waals surface area contributed by atoms with Crippen LogP contribution in [0.15, 0.2) is 18.2 Å². The summed E-state index contributed by atoms with van der Waals surface area (Å²) in [7, 11) is 0. The summed E-state index contributed by atoms with van der Waals surface area (Å²) in [6.45, 7) is 5.41. The van der Waals surface area contributed by atoms with Crippen molar-refractivity contribution in [2.45, 2.75) is 51.0 Å². The van der Waals surface area contributed by atoms with E-state index in [9.17, 15) is 4.39 Å². The maximum absolute atomic E-state index is 14.2. The van der Waals surface area contributed by atoms with Crippen LogP contribution >= 0.6 is 0 Å². The molecule has 2 aliphatic rings. The first-order chi connectivity index (χ1) is 8.14. The normalized spacial score (nSPS) is 21.5. The third kappa shape index (κ3) is 1.50. The van der Waals surface area contributed by atoms with Gasteiger partial charge in [-0.1, -0.05) is 18.9 Å². The minimum absolute atomic E-state index is 0.00699. The van der Waals surface area contributed by atoms with E-state index in [1.165, 1.54) is 12.8 Å². The molecule has 1 spiro atoms. The van der Waals surface area contributed by atoms with Crippen LogP contribution < -0.4 is 4.90 Å². The molecule has 1 aliphatic carbocycles. The smallest absolute Gasteiger partial charge is 0.129 e. The Balaban J connectivity index is 2.15. The van der Waals surface area contributed by atoms with Gasteiger partial charge in [-0.05, 0) is 38.8 Å². The Bertz CT molecular complexity index is 433. The fourth-order valence-corrected chi connectivity index (χ4v) is 3.69. The molecule has 1 heterocycles. The van der Waals surface area contributed by atoms with Gasteiger partial charge >= 0.3 is 0 Å². The van der Waals surface area contributed by atoms with Crippen LogP contribution in [0.25, 0.3) is 0 Å². The molecular weight excluding hydrogens is 213 g/mol. The molecule has 0 N–H and O–H groups in total. The highest BCUT2D eigenvalue weighted by molar-refractivity contribution is 5.64. The van der Waals surface area contributed by atoms with Crippen molar-refractivity contribution in [1.82, 2.24) is 0 Å². The van der Waals surface area contributed by atoms with E-state index in [0.717, 1.165) is 30.6 Å². The fourth-order valence-electron chi connectivity index (χ4n) is 3.69. The van der Waals surface area contributed by atoms with Crippen LogP contribution in [0.2, 0.25) is 0 Å². The summed E-state index contributed by atoms with van der Waals surface area (Å²) in [6, 6.07) is 6.02. The van der Waals surface area contributed by atoms with Gasteiger partial charge in [0, 0.05) is 29.3 Å². The molecule has 0 unspecified atom stereocenters. The molecule has 1 aromatic carbocycles. The summed E-state index contributed by atoms with van der Waals surface area (Å²) >= 11 is 0. The zero-order chi connectivity index (χ0) is 12.0. The molecule has 0 radical (unpaired) electrons. The molecule has 2 heteroatoms. The molecule has 0 bridgehead atoms. The highest BCUT2D eigenvalue weighted by Crippen LogP contribution is 2.51. The van der Waals surface area contributed by atoms with Crippen molar-refractivity contribution >= 4 is 5.69 Å². The Labute approximate surface area is 103 Å². The van der Waals surface area contributed by atoms with Crippen LogP contribution in [0.5, 0.6) is 0 Å². The Morgan fingerprint density at radius 1 is 1.24 bits per heavy atom. The van der Waals surface area contributed by atoms with Crippen molar-refractivity contribution in [1.29, 1.82) is 0 Å². The van der Waals surface area contributed by atoms with Crippen LogP contribution in [-0.2, 0) is 5.41 Å². The number of nitrogens with zero attached hydrogens (tertiary/aromatic N) is 1. The number of hydrogen-bond acceptors (Lipinski definition) is 1. The molecular formula is C15H20FN. The molecule has 0 atom stereocenters. The number of anilines is 1. The lowest BCUT2D eigenvalue weighted by Crippen LogP contribution is -2.35. The van der Waals surface area contributed by atoms with Gasteiger partial charge in [0.05, 0.1) is 0 Å². The number of hydrogen-bond donors (Lipinski definition) is 0. The topological polar surface area (TPSA) is 3.24 Å². The van der Waals surface area contributed by atoms with Gasteiger partial charge in [0.1, 0.15) is 5.82 Å². The van der Waals surface area contributed by atoms with E-state index < -0.39 is 0 Å². The third-order valence-electron chi connectivity index (χ3n) is 4.49. The lowest BCUT2D eigenvalue weighted by atomic mass is 9.80. The quantitative estimate of drug-likeness (QED) is 0.712. The number of rotatable bonds is 1. The largest absolute Gasteiger partial charge is 0.368 e. The predicted molar refractivity (Wildman–Crippen MR) is 69.0 cm³/mol. The Hall–Kier alpha value is -1.05. The van der Waals surface area contributed by atoms with E-state index in [0.29, 0.717) is 6.04 Å². The van der Waals surface area contributed by atoms with Crippen molar-refractivity contribution in [3.63, 3.8) is 0 Å². The lowest BCUT2D eigenvalue weighted by Gasteiger charge is -2.28. The number of benzene rings is 1. The summed E-state index contributed by atoms with van der Waals surface area (Å²) in [5, 5.41) is 0. The number of halogens is 1. The van der Waals surface area contributed by atoms with Gasteiger partial charge in [-0.25, -0.2) is 4.39 Å². The number of fused-ring (bicyclic) bond motifs is 2. The van der Waals surface area contributed by atoms with Gasteiger partial charge in [0.25, 0.3) is 0 Å². The zero-order valence-corrected chi connectivity index (χ0v) is 10.7. The summed E-state index contributed by atoms with van der Waals surface area (Å²) in [5.41, 5.74) is 2.26. The first-order valence-electron chi connectivity index (χ1n) is 6.70. The molecule has 1 saturated carbocycles. The van der Waals surface area contributed by atoms with E-state index in [-0.39, 0.29) is 11.2 Å². The first kappa shape index (κ1) is 11.1. The lowest BCUT2D eigenvalue weighted by molar-refractivity contribution is 0.436. The Morgan fingerprint density at radius 2 is 1.94 bits per heavy atom. The fraction of sp³-hybridized carbons (Fsp3) is 0.600. The molecule has 0 aromatic heterocycles. The van der Waals surface area contributed by atoms with Crippen LogP contribution in [0.3, 0.4) is 0 Å². The van der Waals surface area contributed by atoms with Crippen LogP contribution in [-0.4, -0.2) is 12.6 Å². The van der Waals surface area contributed by atoms with Gasteiger partial charge in [-0.2, -0.15) is 0 Å². The van der Waals surface area contributed by atoms with E-state index in [1.54, 1.807) is 6.07 Å². The maximum Gasteiger partial charge on any atom is 0.129 e. The SMILES string of the molecule is CC(C)N1CC2(CCCC2)c2c(F)cccc21. The predicted octanol–water partition coefficient (Wildman–Crippen LogP) is 3.87. The summed E-state index contributed by atoms with van der Waals surface area (Å²) in [5.74, 6) is 0.00699. The average molecular weight is 233 g/mol. The van der Waals surface area contributed by atoms with Crippen molar-refractivity contribution in [3.05, 3.63) is 29.6 Å². The highest BCUT2D eigenvalue weighted by atomic mass is 19.1. The second kappa shape index (κ2) is 3.72. The summed E-state index contributed by atoms with van der Waals surface area (Å²) in [6.07, 6.45) is 4.81. The minimum atomic E-state index is 0.00699. The molecule has 1 aliphatic heterocycles. The van der Waals surface area contributed by atoms with Crippen LogP contribution in [0, 0.1) is 5.82 Å².